The summed E-state index contributed by atoms with van der Waals surface area (Å²) in [5.74, 6) is 0.386. The van der Waals surface area contributed by atoms with E-state index in [1.165, 1.54) is 6.33 Å². The van der Waals surface area contributed by atoms with Gasteiger partial charge in [-0.25, -0.2) is 15.0 Å². The molecule has 1 saturated heterocycles. The predicted molar refractivity (Wildman–Crippen MR) is 101 cm³/mol. The molecule has 5 atom stereocenters. The predicted octanol–water partition coefficient (Wildman–Crippen LogP) is -0.267. The molecule has 0 saturated carbocycles. The fraction of sp³-hybridized carbons (Fsp3) is 0.500. The van der Waals surface area contributed by atoms with Gasteiger partial charge in [0.2, 0.25) is 0 Å². The van der Waals surface area contributed by atoms with Crippen molar-refractivity contribution < 1.29 is 25.2 Å². The minimum atomic E-state index is -1.25. The smallest absolute Gasteiger partial charge is 0.167 e. The van der Waals surface area contributed by atoms with E-state index in [1.54, 1.807) is 17.0 Å². The second kappa shape index (κ2) is 9.22. The number of anilines is 1. The Kier molecular flexibility index (Phi) is 6.70. The highest BCUT2D eigenvalue weighted by atomic mass is 16.5. The number of nitrogens with zero attached hydrogens (tertiary/aromatic N) is 4. The van der Waals surface area contributed by atoms with Gasteiger partial charge in [0.25, 0.3) is 0 Å². The van der Waals surface area contributed by atoms with Crippen molar-refractivity contribution >= 4 is 17.0 Å². The van der Waals surface area contributed by atoms with E-state index in [2.05, 4.69) is 26.8 Å². The van der Waals surface area contributed by atoms with Crippen LogP contribution >= 0.6 is 0 Å². The van der Waals surface area contributed by atoms with Crippen LogP contribution < -0.4 is 5.32 Å². The van der Waals surface area contributed by atoms with Crippen molar-refractivity contribution in [1.82, 2.24) is 19.5 Å². The quantitative estimate of drug-likeness (QED) is 0.365. The van der Waals surface area contributed by atoms with Gasteiger partial charge in [-0.2, -0.15) is 0 Å². The molecule has 0 aliphatic carbocycles. The Bertz CT molecular complexity index is 826. The van der Waals surface area contributed by atoms with Gasteiger partial charge in [0.1, 0.15) is 18.7 Å². The van der Waals surface area contributed by atoms with Crippen LogP contribution in [0.15, 0.2) is 37.5 Å². The Hall–Kier alpha value is -2.37. The van der Waals surface area contributed by atoms with Gasteiger partial charge in [0.05, 0.1) is 31.2 Å². The number of hydrogen-bond acceptors (Lipinski definition) is 9. The number of aliphatic hydroxyl groups excluding tert-OH is 4. The zero-order chi connectivity index (χ0) is 20.1. The second-order valence-electron chi connectivity index (χ2n) is 6.58. The van der Waals surface area contributed by atoms with Gasteiger partial charge in [-0.3, -0.25) is 4.57 Å². The summed E-state index contributed by atoms with van der Waals surface area (Å²) in [6.45, 7) is 3.06. The molecule has 0 spiro atoms. The van der Waals surface area contributed by atoms with Gasteiger partial charge in [0.15, 0.2) is 17.0 Å². The van der Waals surface area contributed by atoms with Gasteiger partial charge in [-0.1, -0.05) is 24.8 Å². The lowest BCUT2D eigenvalue weighted by atomic mass is 10.1. The molecule has 2 aromatic rings. The molecule has 2 unspecified atom stereocenters. The number of nitrogens with one attached hydrogen (secondary N) is 1. The first-order valence-corrected chi connectivity index (χ1v) is 9.04. The molecule has 28 heavy (non-hydrogen) atoms. The molecule has 5 N–H and O–H groups in total. The molecule has 152 valence electrons. The second-order valence-corrected chi connectivity index (χ2v) is 6.58. The summed E-state index contributed by atoms with van der Waals surface area (Å²) in [4.78, 5) is 12.7. The number of allylic oxidation sites excluding steroid dienone is 2. The summed E-state index contributed by atoms with van der Waals surface area (Å²) in [5, 5.41) is 41.3. The van der Waals surface area contributed by atoms with Crippen LogP contribution in [0.2, 0.25) is 0 Å². The molecule has 1 fully saturated rings. The third-order valence-corrected chi connectivity index (χ3v) is 4.62. The van der Waals surface area contributed by atoms with Crippen molar-refractivity contribution in [3.63, 3.8) is 0 Å². The van der Waals surface area contributed by atoms with Crippen LogP contribution in [0.25, 0.3) is 11.2 Å². The van der Waals surface area contributed by atoms with Gasteiger partial charge in [-0.05, 0) is 6.42 Å². The summed E-state index contributed by atoms with van der Waals surface area (Å²) in [5.41, 5.74) is 0.996. The van der Waals surface area contributed by atoms with Crippen molar-refractivity contribution in [2.24, 2.45) is 0 Å². The van der Waals surface area contributed by atoms with E-state index in [4.69, 9.17) is 9.84 Å². The number of imidazole rings is 1. The lowest BCUT2D eigenvalue weighted by Crippen LogP contribution is -2.35. The van der Waals surface area contributed by atoms with E-state index in [0.29, 0.717) is 29.8 Å². The fourth-order valence-electron chi connectivity index (χ4n) is 3.06. The third kappa shape index (κ3) is 4.37. The molecule has 0 radical (unpaired) electrons. The van der Waals surface area contributed by atoms with E-state index >= 15 is 0 Å². The molecule has 2 aromatic heterocycles. The number of ether oxygens (including phenoxy) is 1. The number of rotatable bonds is 9. The van der Waals surface area contributed by atoms with Crippen molar-refractivity contribution in [2.45, 2.75) is 43.5 Å². The lowest BCUT2D eigenvalue weighted by molar-refractivity contribution is -0.0148. The van der Waals surface area contributed by atoms with E-state index in [9.17, 15) is 15.3 Å². The van der Waals surface area contributed by atoms with E-state index < -0.39 is 31.1 Å². The highest BCUT2D eigenvalue weighted by molar-refractivity contribution is 5.82. The number of aromatic nitrogens is 4. The van der Waals surface area contributed by atoms with Gasteiger partial charge < -0.3 is 30.5 Å². The Morgan fingerprint density at radius 2 is 2.14 bits per heavy atom. The molecule has 0 aromatic carbocycles. The lowest BCUT2D eigenvalue weighted by Gasteiger charge is -2.16. The van der Waals surface area contributed by atoms with E-state index in [-0.39, 0.29) is 12.6 Å². The van der Waals surface area contributed by atoms with Crippen molar-refractivity contribution in [3.05, 3.63) is 37.5 Å². The molecule has 10 heteroatoms. The van der Waals surface area contributed by atoms with Crippen LogP contribution in [0, 0.1) is 0 Å². The summed E-state index contributed by atoms with van der Waals surface area (Å²) >= 11 is 0. The van der Waals surface area contributed by atoms with Crippen LogP contribution in [0.5, 0.6) is 0 Å². The van der Waals surface area contributed by atoms with Crippen LogP contribution in [0.3, 0.4) is 0 Å². The normalized spacial score (nSPS) is 24.6. The van der Waals surface area contributed by atoms with Crippen molar-refractivity contribution in [2.75, 3.05) is 18.5 Å². The highest BCUT2D eigenvalue weighted by Gasteiger charge is 2.35. The summed E-state index contributed by atoms with van der Waals surface area (Å²) in [6, 6.07) is 0. The average Bonchev–Trinajstić information content (AvgIpc) is 3.29. The fourth-order valence-corrected chi connectivity index (χ4v) is 3.06. The van der Waals surface area contributed by atoms with Crippen LogP contribution in [0.1, 0.15) is 19.1 Å². The molecule has 1 aliphatic rings. The molecule has 0 amide bonds. The largest absolute Gasteiger partial charge is 0.394 e. The standard InChI is InChI=1S/C18H25N5O5/c1-2-3-4-5-14-11(25)6-15(28-14)23-10-22-16-17(20-9-21-18(16)23)19-7-12(26)13(27)8-24/h2-4,9-15,24-27H,1,5-8H2,(H,19,20,21)/t11-,12?,13?,14+,15+/m0/s1. The summed E-state index contributed by atoms with van der Waals surface area (Å²) in [6.07, 6.45) is 5.54. The maximum atomic E-state index is 10.3. The first kappa shape index (κ1) is 20.4. The zero-order valence-electron chi connectivity index (χ0n) is 15.3. The minimum Gasteiger partial charge on any atom is -0.394 e. The molecule has 10 nitrogen and oxygen atoms in total. The molecule has 0 bridgehead atoms. The van der Waals surface area contributed by atoms with E-state index in [1.807, 2.05) is 12.2 Å². The van der Waals surface area contributed by atoms with Crippen LogP contribution in [0.4, 0.5) is 5.82 Å². The molecular weight excluding hydrogens is 366 g/mol. The van der Waals surface area contributed by atoms with Gasteiger partial charge in [-0.15, -0.1) is 0 Å². The average molecular weight is 391 g/mol. The van der Waals surface area contributed by atoms with Crippen LogP contribution in [-0.2, 0) is 4.74 Å². The highest BCUT2D eigenvalue weighted by Crippen LogP contribution is 2.33. The molecule has 1 aliphatic heterocycles. The number of aliphatic hydroxyl groups is 4. The van der Waals surface area contributed by atoms with Crippen LogP contribution in [-0.4, -0.2) is 77.5 Å². The summed E-state index contributed by atoms with van der Waals surface area (Å²) < 4.78 is 7.70. The van der Waals surface area contributed by atoms with Crippen molar-refractivity contribution in [1.29, 1.82) is 0 Å². The first-order valence-electron chi connectivity index (χ1n) is 9.04. The Labute approximate surface area is 161 Å². The monoisotopic (exact) mass is 391 g/mol. The topological polar surface area (TPSA) is 146 Å². The van der Waals surface area contributed by atoms with E-state index in [0.717, 1.165) is 0 Å². The van der Waals surface area contributed by atoms with Gasteiger partial charge >= 0.3 is 0 Å². The molecule has 3 heterocycles. The zero-order valence-corrected chi connectivity index (χ0v) is 15.3. The Balaban J connectivity index is 1.74. The Morgan fingerprint density at radius 1 is 1.32 bits per heavy atom. The van der Waals surface area contributed by atoms with Gasteiger partial charge in [0, 0.05) is 13.0 Å². The Morgan fingerprint density at radius 3 is 2.89 bits per heavy atom. The third-order valence-electron chi connectivity index (χ3n) is 4.62. The molecule has 3 rings (SSSR count). The maximum Gasteiger partial charge on any atom is 0.167 e. The molecular formula is C18H25N5O5. The number of fused-ring (bicyclic) bond motifs is 1. The van der Waals surface area contributed by atoms with Crippen molar-refractivity contribution in [3.8, 4) is 0 Å². The SMILES string of the molecule is C=CC=CC[C@H]1O[C@@H](n2cnc3c(NCC(O)C(O)CO)ncnc32)C[C@@H]1O. The first-order chi connectivity index (χ1) is 13.5. The summed E-state index contributed by atoms with van der Waals surface area (Å²) in [7, 11) is 0. The minimum absolute atomic E-state index is 0.0168. The number of hydrogen-bond donors (Lipinski definition) is 5. The maximum absolute atomic E-state index is 10.3.